The van der Waals surface area contributed by atoms with E-state index < -0.39 is 9.84 Å². The fraction of sp³-hybridized carbons (Fsp3) is 0.417. The molecule has 2 N–H and O–H groups in total. The summed E-state index contributed by atoms with van der Waals surface area (Å²) in [6.07, 6.45) is 2.31. The minimum absolute atomic E-state index is 0.208. The summed E-state index contributed by atoms with van der Waals surface area (Å²) in [7, 11) is -3.27. The standard InChI is InChI=1S/C12H14N2O3S/c1-18(16,17)10-4-2-3-9-11(10)14-12(13-9)7-5-8(15)6-7/h2-4,7-8,15H,5-6H2,1H3,(H,13,14). The van der Waals surface area contributed by atoms with E-state index in [1.807, 2.05) is 6.07 Å². The number of aromatic amines is 1. The lowest BCUT2D eigenvalue weighted by atomic mass is 9.82. The van der Waals surface area contributed by atoms with Crippen molar-refractivity contribution in [3.05, 3.63) is 24.0 Å². The second kappa shape index (κ2) is 3.80. The second-order valence-corrected chi connectivity index (χ2v) is 6.85. The van der Waals surface area contributed by atoms with E-state index in [-0.39, 0.29) is 16.9 Å². The highest BCUT2D eigenvalue weighted by molar-refractivity contribution is 7.91. The summed E-state index contributed by atoms with van der Waals surface area (Å²) in [5.74, 6) is 0.978. The lowest BCUT2D eigenvalue weighted by Gasteiger charge is -2.29. The molecule has 2 aromatic rings. The molecular weight excluding hydrogens is 252 g/mol. The molecule has 1 heterocycles. The molecule has 1 aliphatic carbocycles. The summed E-state index contributed by atoms with van der Waals surface area (Å²) >= 11 is 0. The first-order chi connectivity index (χ1) is 8.45. The van der Waals surface area contributed by atoms with Crippen LogP contribution in [0, 0.1) is 0 Å². The Kier molecular flexibility index (Phi) is 2.46. The summed E-state index contributed by atoms with van der Waals surface area (Å²) in [6.45, 7) is 0. The molecule has 1 saturated carbocycles. The highest BCUT2D eigenvalue weighted by Crippen LogP contribution is 2.36. The maximum Gasteiger partial charge on any atom is 0.177 e. The van der Waals surface area contributed by atoms with Crippen molar-refractivity contribution in [3.63, 3.8) is 0 Å². The van der Waals surface area contributed by atoms with Crippen molar-refractivity contribution < 1.29 is 13.5 Å². The zero-order valence-corrected chi connectivity index (χ0v) is 10.7. The SMILES string of the molecule is CS(=O)(=O)c1cccc2[nH]c(C3CC(O)C3)nc12. The summed E-state index contributed by atoms with van der Waals surface area (Å²) in [6, 6.07) is 5.09. The molecule has 0 atom stereocenters. The average molecular weight is 266 g/mol. The van der Waals surface area contributed by atoms with Crippen LogP contribution in [0.5, 0.6) is 0 Å². The molecule has 0 saturated heterocycles. The van der Waals surface area contributed by atoms with Gasteiger partial charge < -0.3 is 10.1 Å². The first-order valence-corrected chi connectivity index (χ1v) is 7.71. The molecule has 3 rings (SSSR count). The van der Waals surface area contributed by atoms with Crippen LogP contribution in [-0.2, 0) is 9.84 Å². The number of hydrogen-bond donors (Lipinski definition) is 2. The van der Waals surface area contributed by atoms with E-state index in [9.17, 15) is 13.5 Å². The smallest absolute Gasteiger partial charge is 0.177 e. The lowest BCUT2D eigenvalue weighted by molar-refractivity contribution is 0.0720. The van der Waals surface area contributed by atoms with Crippen LogP contribution >= 0.6 is 0 Å². The van der Waals surface area contributed by atoms with Crippen LogP contribution in [0.15, 0.2) is 23.1 Å². The molecule has 0 aliphatic heterocycles. The minimum Gasteiger partial charge on any atom is -0.393 e. The van der Waals surface area contributed by atoms with Gasteiger partial charge in [0.2, 0.25) is 0 Å². The van der Waals surface area contributed by atoms with Gasteiger partial charge in [0.1, 0.15) is 11.3 Å². The van der Waals surface area contributed by atoms with E-state index in [1.54, 1.807) is 12.1 Å². The molecular formula is C12H14N2O3S. The van der Waals surface area contributed by atoms with Gasteiger partial charge in [-0.1, -0.05) is 6.07 Å². The van der Waals surface area contributed by atoms with Crippen molar-refractivity contribution in [1.29, 1.82) is 0 Å². The fourth-order valence-electron chi connectivity index (χ4n) is 2.33. The van der Waals surface area contributed by atoms with Gasteiger partial charge in [0.25, 0.3) is 0 Å². The van der Waals surface area contributed by atoms with E-state index in [0.29, 0.717) is 18.4 Å². The van der Waals surface area contributed by atoms with Crippen molar-refractivity contribution in [2.75, 3.05) is 6.26 Å². The minimum atomic E-state index is -3.27. The molecule has 1 aliphatic rings. The van der Waals surface area contributed by atoms with E-state index >= 15 is 0 Å². The quantitative estimate of drug-likeness (QED) is 0.855. The van der Waals surface area contributed by atoms with Crippen LogP contribution in [0.25, 0.3) is 11.0 Å². The number of fused-ring (bicyclic) bond motifs is 1. The van der Waals surface area contributed by atoms with Gasteiger partial charge in [-0.2, -0.15) is 0 Å². The van der Waals surface area contributed by atoms with Crippen LogP contribution in [0.4, 0.5) is 0 Å². The summed E-state index contributed by atoms with van der Waals surface area (Å²) in [4.78, 5) is 7.79. The third-order valence-corrected chi connectivity index (χ3v) is 4.52. The highest BCUT2D eigenvalue weighted by Gasteiger charge is 2.31. The first kappa shape index (κ1) is 11.7. The average Bonchev–Trinajstić information content (AvgIpc) is 2.65. The van der Waals surface area contributed by atoms with Crippen LogP contribution in [0.3, 0.4) is 0 Å². The molecule has 18 heavy (non-hydrogen) atoms. The van der Waals surface area contributed by atoms with Gasteiger partial charge in [-0.15, -0.1) is 0 Å². The molecule has 0 unspecified atom stereocenters. The van der Waals surface area contributed by atoms with Gasteiger partial charge in [-0.25, -0.2) is 13.4 Å². The number of imidazole rings is 1. The molecule has 1 aromatic heterocycles. The van der Waals surface area contributed by atoms with Crippen molar-refractivity contribution in [2.45, 2.75) is 29.8 Å². The number of hydrogen-bond acceptors (Lipinski definition) is 4. The maximum atomic E-state index is 11.7. The van der Waals surface area contributed by atoms with Gasteiger partial charge >= 0.3 is 0 Å². The zero-order chi connectivity index (χ0) is 12.9. The highest BCUT2D eigenvalue weighted by atomic mass is 32.2. The Morgan fingerprint density at radius 2 is 2.11 bits per heavy atom. The van der Waals surface area contributed by atoms with Crippen LogP contribution < -0.4 is 0 Å². The number of nitrogens with one attached hydrogen (secondary N) is 1. The van der Waals surface area contributed by atoms with Crippen molar-refractivity contribution in [3.8, 4) is 0 Å². The molecule has 0 bridgehead atoms. The molecule has 1 aromatic carbocycles. The number of aliphatic hydroxyl groups excluding tert-OH is 1. The lowest BCUT2D eigenvalue weighted by Crippen LogP contribution is -2.27. The molecule has 0 amide bonds. The number of nitrogens with zero attached hydrogens (tertiary/aromatic N) is 1. The van der Waals surface area contributed by atoms with Crippen molar-refractivity contribution in [2.24, 2.45) is 0 Å². The van der Waals surface area contributed by atoms with Gasteiger partial charge in [-0.05, 0) is 25.0 Å². The Morgan fingerprint density at radius 1 is 1.39 bits per heavy atom. The molecule has 6 heteroatoms. The van der Waals surface area contributed by atoms with Crippen molar-refractivity contribution in [1.82, 2.24) is 9.97 Å². The molecule has 96 valence electrons. The van der Waals surface area contributed by atoms with Gasteiger partial charge in [0.05, 0.1) is 16.5 Å². The molecule has 1 fully saturated rings. The number of rotatable bonds is 2. The number of aliphatic hydroxyl groups is 1. The zero-order valence-electron chi connectivity index (χ0n) is 9.92. The topological polar surface area (TPSA) is 83.0 Å². The Hall–Kier alpha value is -1.40. The number of H-pyrrole nitrogens is 1. The Bertz CT molecular complexity index is 699. The van der Waals surface area contributed by atoms with Crippen LogP contribution in [0.2, 0.25) is 0 Å². The van der Waals surface area contributed by atoms with E-state index in [0.717, 1.165) is 11.3 Å². The Balaban J connectivity index is 2.12. The van der Waals surface area contributed by atoms with Gasteiger partial charge in [0, 0.05) is 12.2 Å². The summed E-state index contributed by atoms with van der Waals surface area (Å²) in [5, 5.41) is 9.30. The molecule has 0 spiro atoms. The number of para-hydroxylation sites is 1. The van der Waals surface area contributed by atoms with Gasteiger partial charge in [-0.3, -0.25) is 0 Å². The normalized spacial score (nSPS) is 24.1. The fourth-order valence-corrected chi connectivity index (χ4v) is 3.16. The number of aromatic nitrogens is 2. The van der Waals surface area contributed by atoms with E-state index in [1.165, 1.54) is 6.26 Å². The van der Waals surface area contributed by atoms with Gasteiger partial charge in [0.15, 0.2) is 9.84 Å². The predicted octanol–water partition coefficient (Wildman–Crippen LogP) is 1.20. The largest absolute Gasteiger partial charge is 0.393 e. The second-order valence-electron chi connectivity index (χ2n) is 4.87. The van der Waals surface area contributed by atoms with Crippen LogP contribution in [-0.4, -0.2) is 35.9 Å². The van der Waals surface area contributed by atoms with E-state index in [2.05, 4.69) is 9.97 Å². The molecule has 5 nitrogen and oxygen atoms in total. The summed E-state index contributed by atoms with van der Waals surface area (Å²) in [5.41, 5.74) is 1.23. The third-order valence-electron chi connectivity index (χ3n) is 3.39. The Labute approximate surface area is 105 Å². The predicted molar refractivity (Wildman–Crippen MR) is 67.2 cm³/mol. The number of benzene rings is 1. The molecule has 0 radical (unpaired) electrons. The van der Waals surface area contributed by atoms with Crippen LogP contribution in [0.1, 0.15) is 24.6 Å². The Morgan fingerprint density at radius 3 is 2.72 bits per heavy atom. The third kappa shape index (κ3) is 1.81. The first-order valence-electron chi connectivity index (χ1n) is 5.82. The summed E-state index contributed by atoms with van der Waals surface area (Å²) < 4.78 is 23.3. The maximum absolute atomic E-state index is 11.7. The van der Waals surface area contributed by atoms with Crippen molar-refractivity contribution >= 4 is 20.9 Å². The monoisotopic (exact) mass is 266 g/mol. The number of sulfone groups is 1. The van der Waals surface area contributed by atoms with E-state index in [4.69, 9.17) is 0 Å².